The standard InChI is InChI=1S/C40H25N/c1-2-13-31(14-3-1)41-38-18-5-4-15-33(38)34-22-20-30(25-39(34)41)28-12-6-11-27(23-28)29-19-21-32-35-16-7-9-26-10-8-17-36(40(26)35)37(32)24-29/h1-25H. The Labute approximate surface area is 238 Å². The number of rotatable bonds is 3. The van der Waals surface area contributed by atoms with Gasteiger partial charge in [0, 0.05) is 16.5 Å². The Bertz CT molecular complexity index is 2300. The van der Waals surface area contributed by atoms with E-state index in [2.05, 4.69) is 156 Å². The van der Waals surface area contributed by atoms with Crippen LogP contribution in [0.5, 0.6) is 0 Å². The van der Waals surface area contributed by atoms with E-state index in [-0.39, 0.29) is 0 Å². The summed E-state index contributed by atoms with van der Waals surface area (Å²) in [5, 5.41) is 5.23. The van der Waals surface area contributed by atoms with Crippen molar-refractivity contribution in [1.82, 2.24) is 4.57 Å². The molecule has 0 saturated heterocycles. The van der Waals surface area contributed by atoms with E-state index in [1.807, 2.05) is 0 Å². The summed E-state index contributed by atoms with van der Waals surface area (Å²) in [5.74, 6) is 0. The van der Waals surface area contributed by atoms with Crippen LogP contribution in [-0.2, 0) is 0 Å². The summed E-state index contributed by atoms with van der Waals surface area (Å²) in [5.41, 5.74) is 13.9. The maximum absolute atomic E-state index is 2.39. The minimum Gasteiger partial charge on any atom is -0.309 e. The summed E-state index contributed by atoms with van der Waals surface area (Å²) >= 11 is 0. The van der Waals surface area contributed by atoms with Gasteiger partial charge in [0.2, 0.25) is 0 Å². The summed E-state index contributed by atoms with van der Waals surface area (Å²) in [6.45, 7) is 0. The lowest BCUT2D eigenvalue weighted by Crippen LogP contribution is -1.93. The van der Waals surface area contributed by atoms with Crippen molar-refractivity contribution in [3.63, 3.8) is 0 Å². The maximum atomic E-state index is 2.39. The predicted octanol–water partition coefficient (Wildman–Crippen LogP) is 10.9. The maximum Gasteiger partial charge on any atom is 0.0547 e. The van der Waals surface area contributed by atoms with E-state index in [0.717, 1.165) is 0 Å². The van der Waals surface area contributed by atoms with Crippen molar-refractivity contribution in [1.29, 1.82) is 0 Å². The highest BCUT2D eigenvalue weighted by Gasteiger charge is 2.21. The number of nitrogens with zero attached hydrogens (tertiary/aromatic N) is 1. The summed E-state index contributed by atoms with van der Waals surface area (Å²) in [4.78, 5) is 0. The van der Waals surface area contributed by atoms with Crippen LogP contribution in [0, 0.1) is 0 Å². The molecule has 7 aromatic carbocycles. The molecule has 0 saturated carbocycles. The number of fused-ring (bicyclic) bond motifs is 6. The van der Waals surface area contributed by atoms with E-state index in [1.54, 1.807) is 0 Å². The van der Waals surface area contributed by atoms with Gasteiger partial charge in [-0.3, -0.25) is 0 Å². The predicted molar refractivity (Wildman–Crippen MR) is 174 cm³/mol. The van der Waals surface area contributed by atoms with E-state index in [9.17, 15) is 0 Å². The van der Waals surface area contributed by atoms with Crippen molar-refractivity contribution in [2.24, 2.45) is 0 Å². The van der Waals surface area contributed by atoms with Gasteiger partial charge in [0.25, 0.3) is 0 Å². The molecule has 1 aliphatic carbocycles. The monoisotopic (exact) mass is 519 g/mol. The number of benzene rings is 7. The molecule has 0 N–H and O–H groups in total. The molecule has 1 aromatic heterocycles. The largest absolute Gasteiger partial charge is 0.309 e. The van der Waals surface area contributed by atoms with Gasteiger partial charge in [0.1, 0.15) is 0 Å². The Morgan fingerprint density at radius 2 is 0.976 bits per heavy atom. The van der Waals surface area contributed by atoms with E-state index >= 15 is 0 Å². The third-order valence-electron chi connectivity index (χ3n) is 8.72. The van der Waals surface area contributed by atoms with E-state index in [0.29, 0.717) is 0 Å². The zero-order valence-electron chi connectivity index (χ0n) is 22.4. The molecular weight excluding hydrogens is 494 g/mol. The van der Waals surface area contributed by atoms with E-state index in [1.165, 1.54) is 82.8 Å². The first-order chi connectivity index (χ1) is 20.3. The Balaban J connectivity index is 1.19. The van der Waals surface area contributed by atoms with Gasteiger partial charge in [-0.15, -0.1) is 0 Å². The first-order valence-corrected chi connectivity index (χ1v) is 14.2. The van der Waals surface area contributed by atoms with Crippen LogP contribution < -0.4 is 0 Å². The highest BCUT2D eigenvalue weighted by Crippen LogP contribution is 2.48. The topological polar surface area (TPSA) is 4.93 Å². The van der Waals surface area contributed by atoms with Gasteiger partial charge in [-0.25, -0.2) is 0 Å². The Morgan fingerprint density at radius 1 is 0.341 bits per heavy atom. The normalized spacial score (nSPS) is 11.9. The van der Waals surface area contributed by atoms with Gasteiger partial charge in [0.15, 0.2) is 0 Å². The van der Waals surface area contributed by atoms with Crippen molar-refractivity contribution >= 4 is 32.6 Å². The van der Waals surface area contributed by atoms with Crippen LogP contribution in [0.1, 0.15) is 0 Å². The van der Waals surface area contributed by atoms with Crippen LogP contribution in [0.2, 0.25) is 0 Å². The third-order valence-corrected chi connectivity index (χ3v) is 8.72. The van der Waals surface area contributed by atoms with Gasteiger partial charge in [-0.05, 0) is 91.7 Å². The van der Waals surface area contributed by atoms with Crippen LogP contribution in [0.25, 0.3) is 82.8 Å². The number of hydrogen-bond acceptors (Lipinski definition) is 0. The number of hydrogen-bond donors (Lipinski definition) is 0. The Hall–Kier alpha value is -5.40. The second-order valence-electron chi connectivity index (χ2n) is 11.0. The molecule has 0 fully saturated rings. The number of aromatic nitrogens is 1. The fourth-order valence-electron chi connectivity index (χ4n) is 6.86. The molecule has 8 aromatic rings. The van der Waals surface area contributed by atoms with Crippen molar-refractivity contribution in [3.05, 3.63) is 152 Å². The lowest BCUT2D eigenvalue weighted by molar-refractivity contribution is 1.18. The Kier molecular flexibility index (Phi) is 4.67. The molecule has 0 unspecified atom stereocenters. The quantitative estimate of drug-likeness (QED) is 0.219. The molecule has 9 rings (SSSR count). The summed E-state index contributed by atoms with van der Waals surface area (Å²) in [6, 6.07) is 55.5. The third kappa shape index (κ3) is 3.30. The first kappa shape index (κ1) is 22.4. The average Bonchev–Trinajstić information content (AvgIpc) is 3.55. The molecule has 41 heavy (non-hydrogen) atoms. The summed E-state index contributed by atoms with van der Waals surface area (Å²) in [7, 11) is 0. The first-order valence-electron chi connectivity index (χ1n) is 14.2. The molecule has 0 radical (unpaired) electrons. The van der Waals surface area contributed by atoms with Crippen LogP contribution in [0.15, 0.2) is 152 Å². The van der Waals surface area contributed by atoms with Gasteiger partial charge in [-0.1, -0.05) is 115 Å². The molecular formula is C40H25N. The van der Waals surface area contributed by atoms with Crippen molar-refractivity contribution in [2.45, 2.75) is 0 Å². The number of para-hydroxylation sites is 2. The minimum absolute atomic E-state index is 1.18. The minimum atomic E-state index is 1.18. The second kappa shape index (κ2) is 8.55. The average molecular weight is 520 g/mol. The zero-order valence-corrected chi connectivity index (χ0v) is 22.4. The van der Waals surface area contributed by atoms with Crippen molar-refractivity contribution in [3.8, 4) is 50.2 Å². The van der Waals surface area contributed by atoms with Crippen LogP contribution in [-0.4, -0.2) is 4.57 Å². The summed E-state index contributed by atoms with van der Waals surface area (Å²) in [6.07, 6.45) is 0. The molecule has 0 amide bonds. The fraction of sp³-hybridized carbons (Fsp3) is 0. The van der Waals surface area contributed by atoms with Gasteiger partial charge >= 0.3 is 0 Å². The van der Waals surface area contributed by atoms with Crippen molar-refractivity contribution < 1.29 is 0 Å². The lowest BCUT2D eigenvalue weighted by atomic mass is 9.95. The smallest absolute Gasteiger partial charge is 0.0547 e. The van der Waals surface area contributed by atoms with Crippen LogP contribution in [0.4, 0.5) is 0 Å². The van der Waals surface area contributed by atoms with Crippen LogP contribution >= 0.6 is 0 Å². The lowest BCUT2D eigenvalue weighted by Gasteiger charge is -2.11. The van der Waals surface area contributed by atoms with Gasteiger partial charge in [-0.2, -0.15) is 0 Å². The fourth-order valence-corrected chi connectivity index (χ4v) is 6.86. The van der Waals surface area contributed by atoms with Crippen LogP contribution in [0.3, 0.4) is 0 Å². The molecule has 190 valence electrons. The highest BCUT2D eigenvalue weighted by atomic mass is 15.0. The SMILES string of the molecule is c1ccc(-n2c3ccccc3c3ccc(-c4cccc(-c5ccc6c(c5)-c5cccc7cccc-6c57)c4)cc32)cc1. The molecule has 0 atom stereocenters. The molecule has 1 aliphatic rings. The second-order valence-corrected chi connectivity index (χ2v) is 11.0. The summed E-state index contributed by atoms with van der Waals surface area (Å²) < 4.78 is 2.39. The van der Waals surface area contributed by atoms with Gasteiger partial charge in [0.05, 0.1) is 11.0 Å². The zero-order chi connectivity index (χ0) is 26.9. The molecule has 0 bridgehead atoms. The molecule has 1 heterocycles. The van der Waals surface area contributed by atoms with E-state index < -0.39 is 0 Å². The van der Waals surface area contributed by atoms with E-state index in [4.69, 9.17) is 0 Å². The van der Waals surface area contributed by atoms with Gasteiger partial charge < -0.3 is 4.57 Å². The highest BCUT2D eigenvalue weighted by molar-refractivity contribution is 6.15. The molecule has 0 aliphatic heterocycles. The molecule has 0 spiro atoms. The Morgan fingerprint density at radius 3 is 1.80 bits per heavy atom. The van der Waals surface area contributed by atoms with Crippen molar-refractivity contribution in [2.75, 3.05) is 0 Å². The molecule has 1 heteroatoms. The molecule has 1 nitrogen and oxygen atoms in total.